The van der Waals surface area contributed by atoms with E-state index in [0.717, 1.165) is 16.6 Å². The van der Waals surface area contributed by atoms with Crippen molar-refractivity contribution in [1.82, 2.24) is 20.2 Å². The zero-order chi connectivity index (χ0) is 13.5. The summed E-state index contributed by atoms with van der Waals surface area (Å²) >= 11 is 0. The average Bonchev–Trinajstić information content (AvgIpc) is 3.16. The third kappa shape index (κ3) is 1.51. The zero-order valence-corrected chi connectivity index (χ0v) is 10.4. The molecule has 98 valence electrons. The second kappa shape index (κ2) is 3.99. The lowest BCUT2D eigenvalue weighted by Crippen LogP contribution is -1.90. The minimum absolute atomic E-state index is 0.385. The molecule has 0 saturated carbocycles. The van der Waals surface area contributed by atoms with Crippen molar-refractivity contribution >= 4 is 16.9 Å². The van der Waals surface area contributed by atoms with Crippen LogP contribution in [0.15, 0.2) is 47.1 Å². The van der Waals surface area contributed by atoms with Gasteiger partial charge in [-0.1, -0.05) is 12.1 Å². The molecule has 0 aliphatic heterocycles. The Bertz CT molecular complexity index is 839. The van der Waals surface area contributed by atoms with Gasteiger partial charge in [-0.15, -0.1) is 0 Å². The highest BCUT2D eigenvalue weighted by atomic mass is 16.3. The number of furan rings is 1. The molecule has 0 aliphatic rings. The fourth-order valence-electron chi connectivity index (χ4n) is 2.27. The van der Waals surface area contributed by atoms with E-state index >= 15 is 0 Å². The van der Waals surface area contributed by atoms with Crippen LogP contribution in [-0.4, -0.2) is 20.2 Å². The van der Waals surface area contributed by atoms with Crippen LogP contribution in [0.2, 0.25) is 0 Å². The molecule has 0 unspecified atom stereocenters. The number of imidazole rings is 1. The van der Waals surface area contributed by atoms with E-state index in [1.54, 1.807) is 6.26 Å². The lowest BCUT2D eigenvalue weighted by atomic mass is 10.2. The predicted molar refractivity (Wildman–Crippen MR) is 75.8 cm³/mol. The number of nitrogen functional groups attached to an aromatic ring is 1. The molecule has 0 aliphatic carbocycles. The first-order chi connectivity index (χ1) is 9.83. The third-order valence-corrected chi connectivity index (χ3v) is 3.19. The number of benzene rings is 1. The smallest absolute Gasteiger partial charge is 0.157 e. The summed E-state index contributed by atoms with van der Waals surface area (Å²) in [6.07, 6.45) is 1.61. The zero-order valence-electron chi connectivity index (χ0n) is 10.4. The molecular weight excluding hydrogens is 254 g/mol. The third-order valence-electron chi connectivity index (χ3n) is 3.19. The molecule has 4 N–H and O–H groups in total. The topological polar surface area (TPSA) is 96.5 Å². The average molecular weight is 265 g/mol. The molecule has 0 amide bonds. The van der Waals surface area contributed by atoms with Gasteiger partial charge in [0.1, 0.15) is 11.5 Å². The van der Waals surface area contributed by atoms with Gasteiger partial charge in [0, 0.05) is 0 Å². The molecule has 4 rings (SSSR count). The Kier molecular flexibility index (Phi) is 2.17. The minimum atomic E-state index is 0.385. The van der Waals surface area contributed by atoms with Gasteiger partial charge in [0.15, 0.2) is 11.6 Å². The highest BCUT2D eigenvalue weighted by molar-refractivity contribution is 5.87. The fourth-order valence-corrected chi connectivity index (χ4v) is 2.27. The summed E-state index contributed by atoms with van der Waals surface area (Å²) in [4.78, 5) is 7.80. The molecule has 0 bridgehead atoms. The van der Waals surface area contributed by atoms with E-state index in [4.69, 9.17) is 10.2 Å². The molecular formula is C14H11N5O. The van der Waals surface area contributed by atoms with Crippen LogP contribution in [0, 0.1) is 0 Å². The molecule has 3 heterocycles. The van der Waals surface area contributed by atoms with Crippen molar-refractivity contribution in [1.29, 1.82) is 0 Å². The number of H-pyrrole nitrogens is 2. The number of rotatable bonds is 2. The molecule has 6 nitrogen and oxygen atoms in total. The van der Waals surface area contributed by atoms with Gasteiger partial charge in [-0.05, 0) is 24.3 Å². The van der Waals surface area contributed by atoms with Crippen molar-refractivity contribution < 1.29 is 4.42 Å². The quantitative estimate of drug-likeness (QED) is 0.519. The van der Waals surface area contributed by atoms with Gasteiger partial charge in [-0.25, -0.2) is 4.98 Å². The molecule has 0 fully saturated rings. The number of hydrogen-bond donors (Lipinski definition) is 3. The number of nitrogens with zero attached hydrogens (tertiary/aromatic N) is 2. The van der Waals surface area contributed by atoms with Crippen LogP contribution >= 0.6 is 0 Å². The number of fused-ring (bicyclic) bond motifs is 1. The number of aromatic amines is 2. The Labute approximate surface area is 113 Å². The summed E-state index contributed by atoms with van der Waals surface area (Å²) in [7, 11) is 0. The second-order valence-electron chi connectivity index (χ2n) is 4.44. The van der Waals surface area contributed by atoms with Crippen LogP contribution in [0.3, 0.4) is 0 Å². The van der Waals surface area contributed by atoms with Crippen molar-refractivity contribution in [3.05, 3.63) is 42.7 Å². The predicted octanol–water partition coefficient (Wildman–Crippen LogP) is 2.80. The molecule has 20 heavy (non-hydrogen) atoms. The first-order valence-electron chi connectivity index (χ1n) is 6.16. The molecule has 1 aromatic carbocycles. The van der Waals surface area contributed by atoms with E-state index in [1.807, 2.05) is 36.4 Å². The van der Waals surface area contributed by atoms with E-state index in [9.17, 15) is 0 Å². The standard InChI is InChI=1S/C14H11N5O/c15-13-11(12(18-19-13)10-6-3-7-20-10)14-16-8-4-1-2-5-9(8)17-14/h1-7H,(H,16,17)(H3,15,18,19). The maximum atomic E-state index is 5.96. The summed E-state index contributed by atoms with van der Waals surface area (Å²) in [5, 5.41) is 6.94. The van der Waals surface area contributed by atoms with Crippen molar-refractivity contribution in [2.45, 2.75) is 0 Å². The fraction of sp³-hybridized carbons (Fsp3) is 0. The normalized spacial score (nSPS) is 11.2. The Morgan fingerprint density at radius 1 is 1.10 bits per heavy atom. The maximum Gasteiger partial charge on any atom is 0.157 e. The van der Waals surface area contributed by atoms with Gasteiger partial charge in [0.2, 0.25) is 0 Å². The summed E-state index contributed by atoms with van der Waals surface area (Å²) < 4.78 is 5.40. The number of nitrogens with two attached hydrogens (primary N) is 1. The monoisotopic (exact) mass is 265 g/mol. The van der Waals surface area contributed by atoms with Crippen LogP contribution in [0.25, 0.3) is 33.9 Å². The van der Waals surface area contributed by atoms with Gasteiger partial charge in [-0.2, -0.15) is 5.10 Å². The molecule has 4 aromatic rings. The Morgan fingerprint density at radius 2 is 2.00 bits per heavy atom. The van der Waals surface area contributed by atoms with Gasteiger partial charge in [-0.3, -0.25) is 5.10 Å². The van der Waals surface area contributed by atoms with Gasteiger partial charge >= 0.3 is 0 Å². The number of para-hydroxylation sites is 2. The molecule has 0 spiro atoms. The Balaban J connectivity index is 1.96. The molecule has 0 saturated heterocycles. The van der Waals surface area contributed by atoms with Crippen molar-refractivity contribution in [2.24, 2.45) is 0 Å². The summed E-state index contributed by atoms with van der Waals surface area (Å²) in [5.74, 6) is 1.73. The van der Waals surface area contributed by atoms with Gasteiger partial charge in [0.05, 0.1) is 22.9 Å². The van der Waals surface area contributed by atoms with Crippen molar-refractivity contribution in [3.63, 3.8) is 0 Å². The lowest BCUT2D eigenvalue weighted by molar-refractivity contribution is 0.580. The highest BCUT2D eigenvalue weighted by Gasteiger charge is 2.19. The van der Waals surface area contributed by atoms with E-state index in [2.05, 4.69) is 20.2 Å². The van der Waals surface area contributed by atoms with Crippen LogP contribution in [0.5, 0.6) is 0 Å². The first-order valence-corrected chi connectivity index (χ1v) is 6.16. The van der Waals surface area contributed by atoms with E-state index in [0.29, 0.717) is 23.1 Å². The number of aromatic nitrogens is 4. The van der Waals surface area contributed by atoms with E-state index in [-0.39, 0.29) is 0 Å². The van der Waals surface area contributed by atoms with Crippen molar-refractivity contribution in [3.8, 4) is 22.8 Å². The van der Waals surface area contributed by atoms with Crippen LogP contribution in [0.1, 0.15) is 0 Å². The van der Waals surface area contributed by atoms with E-state index in [1.165, 1.54) is 0 Å². The summed E-state index contributed by atoms with van der Waals surface area (Å²) in [6, 6.07) is 11.5. The maximum absolute atomic E-state index is 5.96. The molecule has 0 radical (unpaired) electrons. The summed E-state index contributed by atoms with van der Waals surface area (Å²) in [6.45, 7) is 0. The number of hydrogen-bond acceptors (Lipinski definition) is 4. The first kappa shape index (κ1) is 10.9. The number of nitrogens with one attached hydrogen (secondary N) is 2. The van der Waals surface area contributed by atoms with Crippen LogP contribution in [0.4, 0.5) is 5.82 Å². The largest absolute Gasteiger partial charge is 0.463 e. The molecule has 0 atom stereocenters. The SMILES string of the molecule is Nc1n[nH]c(-c2ccco2)c1-c1nc2ccccc2[nH]1. The van der Waals surface area contributed by atoms with Gasteiger partial charge < -0.3 is 15.1 Å². The van der Waals surface area contributed by atoms with Crippen LogP contribution in [-0.2, 0) is 0 Å². The summed E-state index contributed by atoms with van der Waals surface area (Å²) in [5.41, 5.74) is 9.23. The Hall–Kier alpha value is -3.02. The number of anilines is 1. The second-order valence-corrected chi connectivity index (χ2v) is 4.44. The van der Waals surface area contributed by atoms with Crippen molar-refractivity contribution in [2.75, 3.05) is 5.73 Å². The highest BCUT2D eigenvalue weighted by Crippen LogP contribution is 2.34. The lowest BCUT2D eigenvalue weighted by Gasteiger charge is -1.97. The van der Waals surface area contributed by atoms with Gasteiger partial charge in [0.25, 0.3) is 0 Å². The van der Waals surface area contributed by atoms with E-state index < -0.39 is 0 Å². The molecule has 6 heteroatoms. The Morgan fingerprint density at radius 3 is 2.80 bits per heavy atom. The van der Waals surface area contributed by atoms with Crippen LogP contribution < -0.4 is 5.73 Å². The molecule has 3 aromatic heterocycles. The minimum Gasteiger partial charge on any atom is -0.463 e.